The van der Waals surface area contributed by atoms with Crippen molar-refractivity contribution in [2.24, 2.45) is 5.41 Å². The van der Waals surface area contributed by atoms with Gasteiger partial charge in [0.2, 0.25) is 5.95 Å². The van der Waals surface area contributed by atoms with Gasteiger partial charge in [-0.2, -0.15) is 4.98 Å². The predicted molar refractivity (Wildman–Crippen MR) is 128 cm³/mol. The molecule has 0 atom stereocenters. The Kier molecular flexibility index (Phi) is 6.12. The fourth-order valence-electron chi connectivity index (χ4n) is 4.00. The highest BCUT2D eigenvalue weighted by atomic mass is 16.5. The first kappa shape index (κ1) is 21.8. The Labute approximate surface area is 189 Å². The summed E-state index contributed by atoms with van der Waals surface area (Å²) in [6.45, 7) is 8.92. The Balaban J connectivity index is 1.69. The highest BCUT2D eigenvalue weighted by molar-refractivity contribution is 6.03. The van der Waals surface area contributed by atoms with Gasteiger partial charge in [-0.25, -0.2) is 4.98 Å². The fourth-order valence-corrected chi connectivity index (χ4v) is 4.00. The number of fused-ring (bicyclic) bond motifs is 1. The first-order valence-electron chi connectivity index (χ1n) is 11.2. The second-order valence-corrected chi connectivity index (χ2v) is 8.92. The predicted octanol–water partition coefficient (Wildman–Crippen LogP) is 6.08. The van der Waals surface area contributed by atoms with Gasteiger partial charge < -0.3 is 15.4 Å². The average Bonchev–Trinajstić information content (AvgIpc) is 2.74. The van der Waals surface area contributed by atoms with Gasteiger partial charge in [0, 0.05) is 17.8 Å². The Morgan fingerprint density at radius 3 is 2.22 bits per heavy atom. The van der Waals surface area contributed by atoms with E-state index in [0.29, 0.717) is 30.4 Å². The SMILES string of the molecule is CCOc1ccc(Nc2nc3c(c(Nc4ccc(CC)cc4)n2)C(=O)CC(C)(C)C3)cc1. The highest BCUT2D eigenvalue weighted by Gasteiger charge is 2.35. The maximum Gasteiger partial charge on any atom is 0.229 e. The molecule has 32 heavy (non-hydrogen) atoms. The molecule has 0 aliphatic heterocycles. The molecule has 0 amide bonds. The van der Waals surface area contributed by atoms with Crippen molar-refractivity contribution < 1.29 is 9.53 Å². The van der Waals surface area contributed by atoms with Crippen molar-refractivity contribution in [3.63, 3.8) is 0 Å². The molecule has 0 bridgehead atoms. The van der Waals surface area contributed by atoms with Crippen LogP contribution in [0.4, 0.5) is 23.1 Å². The third-order valence-electron chi connectivity index (χ3n) is 5.59. The number of carbonyl (C=O) groups excluding carboxylic acids is 1. The van der Waals surface area contributed by atoms with Crippen LogP contribution in [0.3, 0.4) is 0 Å². The number of nitrogens with zero attached hydrogens (tertiary/aromatic N) is 2. The second kappa shape index (κ2) is 8.99. The Morgan fingerprint density at radius 1 is 0.906 bits per heavy atom. The molecule has 0 fully saturated rings. The van der Waals surface area contributed by atoms with Gasteiger partial charge in [0.15, 0.2) is 5.78 Å². The smallest absolute Gasteiger partial charge is 0.229 e. The van der Waals surface area contributed by atoms with Crippen LogP contribution in [0.5, 0.6) is 5.75 Å². The molecule has 1 aliphatic carbocycles. The van der Waals surface area contributed by atoms with Crippen molar-refractivity contribution in [2.75, 3.05) is 17.2 Å². The Bertz CT molecular complexity index is 1110. The molecular formula is C26H30N4O2. The largest absolute Gasteiger partial charge is 0.494 e. The summed E-state index contributed by atoms with van der Waals surface area (Å²) in [5.74, 6) is 1.91. The van der Waals surface area contributed by atoms with Crippen LogP contribution in [0.1, 0.15) is 55.7 Å². The minimum absolute atomic E-state index is 0.0801. The van der Waals surface area contributed by atoms with Gasteiger partial charge in [-0.15, -0.1) is 0 Å². The Hall–Kier alpha value is -3.41. The monoisotopic (exact) mass is 430 g/mol. The summed E-state index contributed by atoms with van der Waals surface area (Å²) in [6.07, 6.45) is 2.18. The Morgan fingerprint density at radius 2 is 1.56 bits per heavy atom. The van der Waals surface area contributed by atoms with Gasteiger partial charge >= 0.3 is 0 Å². The van der Waals surface area contributed by atoms with Gasteiger partial charge in [0.25, 0.3) is 0 Å². The van der Waals surface area contributed by atoms with E-state index in [9.17, 15) is 4.79 Å². The van der Waals surface area contributed by atoms with E-state index in [2.05, 4.69) is 43.5 Å². The number of ketones is 1. The molecule has 1 heterocycles. The van der Waals surface area contributed by atoms with Crippen LogP contribution < -0.4 is 15.4 Å². The van der Waals surface area contributed by atoms with Crippen molar-refractivity contribution in [3.05, 3.63) is 65.4 Å². The lowest BCUT2D eigenvalue weighted by Gasteiger charge is -2.30. The van der Waals surface area contributed by atoms with Crippen LogP contribution in [0, 0.1) is 5.41 Å². The number of aromatic nitrogens is 2. The molecule has 0 unspecified atom stereocenters. The average molecular weight is 431 g/mol. The van der Waals surface area contributed by atoms with Crippen LogP contribution in [0.15, 0.2) is 48.5 Å². The van der Waals surface area contributed by atoms with Crippen molar-refractivity contribution >= 4 is 28.9 Å². The molecule has 1 aromatic heterocycles. The summed E-state index contributed by atoms with van der Waals surface area (Å²) in [5.41, 5.74) is 4.26. The third kappa shape index (κ3) is 4.90. The van der Waals surface area contributed by atoms with Crippen LogP contribution >= 0.6 is 0 Å². The van der Waals surface area contributed by atoms with Gasteiger partial charge in [-0.05, 0) is 67.1 Å². The topological polar surface area (TPSA) is 76.1 Å². The van der Waals surface area contributed by atoms with E-state index in [1.165, 1.54) is 5.56 Å². The van der Waals surface area contributed by atoms with Crippen LogP contribution in [0.25, 0.3) is 0 Å². The van der Waals surface area contributed by atoms with Crippen molar-refractivity contribution in [1.29, 1.82) is 0 Å². The summed E-state index contributed by atoms with van der Waals surface area (Å²) in [7, 11) is 0. The summed E-state index contributed by atoms with van der Waals surface area (Å²) < 4.78 is 5.52. The van der Waals surface area contributed by atoms with E-state index in [4.69, 9.17) is 14.7 Å². The van der Waals surface area contributed by atoms with Crippen LogP contribution in [0.2, 0.25) is 0 Å². The molecule has 2 N–H and O–H groups in total. The first-order chi connectivity index (χ1) is 15.4. The van der Waals surface area contributed by atoms with E-state index in [1.54, 1.807) is 0 Å². The van der Waals surface area contributed by atoms with Crippen molar-refractivity contribution in [1.82, 2.24) is 9.97 Å². The molecule has 4 rings (SSSR count). The van der Waals surface area contributed by atoms with Gasteiger partial charge in [0.1, 0.15) is 11.6 Å². The zero-order valence-electron chi connectivity index (χ0n) is 19.2. The first-order valence-corrected chi connectivity index (χ1v) is 11.2. The summed E-state index contributed by atoms with van der Waals surface area (Å²) in [6, 6.07) is 15.9. The minimum atomic E-state index is -0.130. The minimum Gasteiger partial charge on any atom is -0.494 e. The highest BCUT2D eigenvalue weighted by Crippen LogP contribution is 2.38. The molecule has 0 radical (unpaired) electrons. The van der Waals surface area contributed by atoms with Gasteiger partial charge in [-0.3, -0.25) is 4.79 Å². The molecule has 6 nitrogen and oxygen atoms in total. The quantitative estimate of drug-likeness (QED) is 0.473. The number of anilines is 4. The number of nitrogens with one attached hydrogen (secondary N) is 2. The van der Waals surface area contributed by atoms with E-state index in [1.807, 2.05) is 43.3 Å². The van der Waals surface area contributed by atoms with E-state index < -0.39 is 0 Å². The van der Waals surface area contributed by atoms with Crippen LogP contribution in [-0.4, -0.2) is 22.4 Å². The molecule has 3 aromatic rings. The molecular weight excluding hydrogens is 400 g/mol. The molecule has 6 heteroatoms. The number of Topliss-reactive ketones (excluding diaryl/α,β-unsaturated/α-hetero) is 1. The molecule has 0 spiro atoms. The van der Waals surface area contributed by atoms with E-state index in [-0.39, 0.29) is 11.2 Å². The summed E-state index contributed by atoms with van der Waals surface area (Å²) >= 11 is 0. The van der Waals surface area contributed by atoms with Crippen LogP contribution in [-0.2, 0) is 12.8 Å². The summed E-state index contributed by atoms with van der Waals surface area (Å²) in [5, 5.41) is 6.64. The van der Waals surface area contributed by atoms with Crippen molar-refractivity contribution in [3.8, 4) is 5.75 Å². The lowest BCUT2D eigenvalue weighted by atomic mass is 9.75. The van der Waals surface area contributed by atoms with Gasteiger partial charge in [-0.1, -0.05) is 32.9 Å². The molecule has 166 valence electrons. The normalized spacial score (nSPS) is 14.6. The number of benzene rings is 2. The maximum absolute atomic E-state index is 13.0. The standard InChI is InChI=1S/C26H30N4O2/c1-5-17-7-9-18(10-8-17)27-24-23-21(15-26(3,4)16-22(23)31)29-25(30-24)28-19-11-13-20(14-12-19)32-6-2/h7-14H,5-6,15-16H2,1-4H3,(H2,27,28,29,30). The molecule has 0 saturated carbocycles. The zero-order valence-corrected chi connectivity index (χ0v) is 19.2. The van der Waals surface area contributed by atoms with Crippen molar-refractivity contribution in [2.45, 2.75) is 47.0 Å². The number of aryl methyl sites for hydroxylation is 1. The zero-order chi connectivity index (χ0) is 22.7. The van der Waals surface area contributed by atoms with E-state index >= 15 is 0 Å². The third-order valence-corrected chi connectivity index (χ3v) is 5.59. The number of hydrogen-bond donors (Lipinski definition) is 2. The number of hydrogen-bond acceptors (Lipinski definition) is 6. The number of ether oxygens (including phenoxy) is 1. The molecule has 2 aromatic carbocycles. The molecule has 0 saturated heterocycles. The number of carbonyl (C=O) groups is 1. The lowest BCUT2D eigenvalue weighted by molar-refractivity contribution is 0.0911. The molecule has 1 aliphatic rings. The second-order valence-electron chi connectivity index (χ2n) is 8.92. The fraction of sp³-hybridized carbons (Fsp3) is 0.346. The number of rotatable bonds is 7. The van der Waals surface area contributed by atoms with Gasteiger partial charge in [0.05, 0.1) is 17.9 Å². The summed E-state index contributed by atoms with van der Waals surface area (Å²) in [4.78, 5) is 22.4. The maximum atomic E-state index is 13.0. The lowest BCUT2D eigenvalue weighted by Crippen LogP contribution is -2.29. The van der Waals surface area contributed by atoms with E-state index in [0.717, 1.165) is 35.7 Å².